The minimum atomic E-state index is 0.516. The molecule has 1 fully saturated rings. The van der Waals surface area contributed by atoms with E-state index in [0.29, 0.717) is 11.5 Å². The lowest BCUT2D eigenvalue weighted by Crippen LogP contribution is -2.39. The predicted molar refractivity (Wildman–Crippen MR) is 60.5 cm³/mol. The van der Waals surface area contributed by atoms with Crippen molar-refractivity contribution in [3.63, 3.8) is 0 Å². The highest BCUT2D eigenvalue weighted by Gasteiger charge is 2.25. The third-order valence-corrected chi connectivity index (χ3v) is 3.95. The highest BCUT2D eigenvalue weighted by molar-refractivity contribution is 4.81. The van der Waals surface area contributed by atoms with Gasteiger partial charge in [-0.2, -0.15) is 0 Å². The van der Waals surface area contributed by atoms with E-state index in [1.54, 1.807) is 0 Å². The van der Waals surface area contributed by atoms with Gasteiger partial charge in [0.25, 0.3) is 0 Å². The SMILES string of the molecule is CCC(CC)(CC)CNC1CCOC1. The van der Waals surface area contributed by atoms with Crippen molar-refractivity contribution >= 4 is 0 Å². The summed E-state index contributed by atoms with van der Waals surface area (Å²) in [5, 5.41) is 3.65. The fourth-order valence-corrected chi connectivity index (χ4v) is 2.18. The van der Waals surface area contributed by atoms with Crippen molar-refractivity contribution in [3.05, 3.63) is 0 Å². The predicted octanol–water partition coefficient (Wildman–Crippen LogP) is 2.58. The smallest absolute Gasteiger partial charge is 0.0620 e. The Morgan fingerprint density at radius 3 is 2.29 bits per heavy atom. The Kier molecular flexibility index (Phi) is 4.90. The van der Waals surface area contributed by atoms with Gasteiger partial charge in [0.2, 0.25) is 0 Å². The molecule has 0 aromatic carbocycles. The lowest BCUT2D eigenvalue weighted by atomic mass is 9.79. The van der Waals surface area contributed by atoms with E-state index in [-0.39, 0.29) is 0 Å². The average Bonchev–Trinajstić information content (AvgIpc) is 2.74. The van der Waals surface area contributed by atoms with E-state index in [4.69, 9.17) is 4.74 Å². The van der Waals surface area contributed by atoms with E-state index in [0.717, 1.165) is 19.8 Å². The Bertz CT molecular complexity index is 140. The lowest BCUT2D eigenvalue weighted by molar-refractivity contribution is 0.180. The second-order valence-electron chi connectivity index (χ2n) is 4.50. The van der Waals surface area contributed by atoms with Crippen LogP contribution in [0.15, 0.2) is 0 Å². The van der Waals surface area contributed by atoms with Crippen LogP contribution in [0.2, 0.25) is 0 Å². The summed E-state index contributed by atoms with van der Waals surface area (Å²) in [4.78, 5) is 0. The summed E-state index contributed by atoms with van der Waals surface area (Å²) < 4.78 is 5.36. The third kappa shape index (κ3) is 2.96. The Hall–Kier alpha value is -0.0800. The minimum absolute atomic E-state index is 0.516. The van der Waals surface area contributed by atoms with Crippen molar-refractivity contribution in [2.75, 3.05) is 19.8 Å². The first-order valence-electron chi connectivity index (χ1n) is 6.07. The molecule has 2 heteroatoms. The van der Waals surface area contributed by atoms with Gasteiger partial charge in [-0.15, -0.1) is 0 Å². The van der Waals surface area contributed by atoms with Gasteiger partial charge in [-0.25, -0.2) is 0 Å². The first kappa shape index (κ1) is 12.0. The molecule has 0 bridgehead atoms. The van der Waals surface area contributed by atoms with Gasteiger partial charge < -0.3 is 10.1 Å². The Labute approximate surface area is 88.4 Å². The van der Waals surface area contributed by atoms with Crippen molar-refractivity contribution in [1.82, 2.24) is 5.32 Å². The molecule has 1 saturated heterocycles. The molecule has 0 saturated carbocycles. The van der Waals surface area contributed by atoms with Crippen LogP contribution in [0.5, 0.6) is 0 Å². The summed E-state index contributed by atoms with van der Waals surface area (Å²) in [5.41, 5.74) is 0.516. The molecule has 0 spiro atoms. The highest BCUT2D eigenvalue weighted by Crippen LogP contribution is 2.29. The molecule has 1 aliphatic heterocycles. The number of nitrogens with one attached hydrogen (secondary N) is 1. The maximum atomic E-state index is 5.36. The first-order valence-corrected chi connectivity index (χ1v) is 6.07. The van der Waals surface area contributed by atoms with Crippen molar-refractivity contribution in [2.24, 2.45) is 5.41 Å². The molecule has 1 atom stereocenters. The summed E-state index contributed by atoms with van der Waals surface area (Å²) in [5.74, 6) is 0. The van der Waals surface area contributed by atoms with E-state index in [1.807, 2.05) is 0 Å². The number of ether oxygens (including phenoxy) is 1. The zero-order valence-corrected chi connectivity index (χ0v) is 9.94. The normalized spacial score (nSPS) is 22.9. The molecule has 1 rings (SSSR count). The largest absolute Gasteiger partial charge is 0.380 e. The fraction of sp³-hybridized carbons (Fsp3) is 1.00. The monoisotopic (exact) mass is 199 g/mol. The van der Waals surface area contributed by atoms with Crippen LogP contribution in [0.25, 0.3) is 0 Å². The van der Waals surface area contributed by atoms with Crippen LogP contribution >= 0.6 is 0 Å². The van der Waals surface area contributed by atoms with Crippen molar-refractivity contribution in [1.29, 1.82) is 0 Å². The zero-order valence-electron chi connectivity index (χ0n) is 9.94. The van der Waals surface area contributed by atoms with Gasteiger partial charge in [-0.3, -0.25) is 0 Å². The summed E-state index contributed by atoms with van der Waals surface area (Å²) in [6.45, 7) is 9.92. The van der Waals surface area contributed by atoms with Crippen LogP contribution in [0.3, 0.4) is 0 Å². The second-order valence-corrected chi connectivity index (χ2v) is 4.50. The molecule has 84 valence electrons. The fourth-order valence-electron chi connectivity index (χ4n) is 2.18. The molecule has 1 unspecified atom stereocenters. The maximum absolute atomic E-state index is 5.36. The van der Waals surface area contributed by atoms with Gasteiger partial charge in [0, 0.05) is 19.2 Å². The van der Waals surface area contributed by atoms with Crippen LogP contribution in [-0.2, 0) is 4.74 Å². The van der Waals surface area contributed by atoms with Gasteiger partial charge in [-0.1, -0.05) is 20.8 Å². The molecule has 2 nitrogen and oxygen atoms in total. The molecular weight excluding hydrogens is 174 g/mol. The minimum Gasteiger partial charge on any atom is -0.380 e. The summed E-state index contributed by atoms with van der Waals surface area (Å²) in [6, 6.07) is 0.610. The molecule has 1 aliphatic rings. The number of hydrogen-bond acceptors (Lipinski definition) is 2. The molecule has 0 aliphatic carbocycles. The standard InChI is InChI=1S/C12H25NO/c1-4-12(5-2,6-3)10-13-11-7-8-14-9-11/h11,13H,4-10H2,1-3H3. The van der Waals surface area contributed by atoms with E-state index in [9.17, 15) is 0 Å². The molecule has 0 aromatic rings. The van der Waals surface area contributed by atoms with Gasteiger partial charge in [0.15, 0.2) is 0 Å². The second kappa shape index (κ2) is 5.72. The average molecular weight is 199 g/mol. The molecule has 14 heavy (non-hydrogen) atoms. The van der Waals surface area contributed by atoms with Crippen LogP contribution in [0, 0.1) is 5.41 Å². The van der Waals surface area contributed by atoms with Crippen LogP contribution < -0.4 is 5.32 Å². The summed E-state index contributed by atoms with van der Waals surface area (Å²) >= 11 is 0. The molecule has 1 heterocycles. The molecular formula is C12H25NO. The molecule has 0 radical (unpaired) electrons. The molecule has 0 aromatic heterocycles. The Morgan fingerprint density at radius 2 is 1.86 bits per heavy atom. The van der Waals surface area contributed by atoms with Gasteiger partial charge in [0.05, 0.1) is 6.61 Å². The molecule has 0 amide bonds. The van der Waals surface area contributed by atoms with Crippen LogP contribution in [0.4, 0.5) is 0 Å². The highest BCUT2D eigenvalue weighted by atomic mass is 16.5. The first-order chi connectivity index (χ1) is 6.76. The van der Waals surface area contributed by atoms with E-state index >= 15 is 0 Å². The van der Waals surface area contributed by atoms with Crippen molar-refractivity contribution in [2.45, 2.75) is 52.5 Å². The van der Waals surface area contributed by atoms with E-state index < -0.39 is 0 Å². The topological polar surface area (TPSA) is 21.3 Å². The van der Waals surface area contributed by atoms with Gasteiger partial charge in [0.1, 0.15) is 0 Å². The Morgan fingerprint density at radius 1 is 1.21 bits per heavy atom. The summed E-state index contributed by atoms with van der Waals surface area (Å²) in [7, 11) is 0. The maximum Gasteiger partial charge on any atom is 0.0620 e. The molecule has 1 N–H and O–H groups in total. The van der Waals surface area contributed by atoms with Crippen molar-refractivity contribution < 1.29 is 4.74 Å². The van der Waals surface area contributed by atoms with E-state index in [2.05, 4.69) is 26.1 Å². The summed E-state index contributed by atoms with van der Waals surface area (Å²) in [6.07, 6.45) is 5.02. The zero-order chi connectivity index (χ0) is 10.4. The number of hydrogen-bond donors (Lipinski definition) is 1. The lowest BCUT2D eigenvalue weighted by Gasteiger charge is -2.32. The van der Waals surface area contributed by atoms with Crippen LogP contribution in [-0.4, -0.2) is 25.8 Å². The van der Waals surface area contributed by atoms with Crippen LogP contribution in [0.1, 0.15) is 46.5 Å². The number of rotatable bonds is 6. The third-order valence-electron chi connectivity index (χ3n) is 3.95. The van der Waals surface area contributed by atoms with Crippen molar-refractivity contribution in [3.8, 4) is 0 Å². The van der Waals surface area contributed by atoms with Gasteiger partial charge in [-0.05, 0) is 31.1 Å². The Balaban J connectivity index is 2.31. The van der Waals surface area contributed by atoms with Gasteiger partial charge >= 0.3 is 0 Å². The quantitative estimate of drug-likeness (QED) is 0.710. The van der Waals surface area contributed by atoms with E-state index in [1.165, 1.54) is 25.7 Å².